The third-order valence-electron chi connectivity index (χ3n) is 4.54. The number of ether oxygens (including phenoxy) is 1. The van der Waals surface area contributed by atoms with Crippen LogP contribution in [-0.4, -0.2) is 24.5 Å². The van der Waals surface area contributed by atoms with Crippen molar-refractivity contribution in [1.82, 2.24) is 5.32 Å². The second-order valence-electron chi connectivity index (χ2n) is 6.14. The Balaban J connectivity index is 1.85. The molecule has 3 atom stereocenters. The lowest BCUT2D eigenvalue weighted by Crippen LogP contribution is -2.45. The van der Waals surface area contributed by atoms with Gasteiger partial charge in [0.15, 0.2) is 6.61 Å². The summed E-state index contributed by atoms with van der Waals surface area (Å²) in [4.78, 5) is 23.8. The molecule has 1 N–H and O–H groups in total. The van der Waals surface area contributed by atoms with Crippen LogP contribution in [0, 0.1) is 17.7 Å². The smallest absolute Gasteiger partial charge is 0.341 e. The molecular formula is C17H21BrFNO3. The summed E-state index contributed by atoms with van der Waals surface area (Å²) in [6.45, 7) is 3.91. The zero-order valence-electron chi connectivity index (χ0n) is 13.3. The van der Waals surface area contributed by atoms with Crippen molar-refractivity contribution in [2.75, 3.05) is 6.61 Å². The van der Waals surface area contributed by atoms with E-state index in [1.54, 1.807) is 6.07 Å². The molecule has 0 aromatic heterocycles. The third-order valence-corrected chi connectivity index (χ3v) is 5.03. The molecule has 126 valence electrons. The molecule has 1 aromatic rings. The summed E-state index contributed by atoms with van der Waals surface area (Å²) in [5.74, 6) is -0.905. The first-order chi connectivity index (χ1) is 10.9. The first-order valence-corrected chi connectivity index (χ1v) is 8.59. The Labute approximate surface area is 143 Å². The molecule has 1 amide bonds. The minimum atomic E-state index is -0.838. The summed E-state index contributed by atoms with van der Waals surface area (Å²) >= 11 is 3.12. The lowest BCUT2D eigenvalue weighted by Gasteiger charge is -2.34. The standard InChI is InChI=1S/C17H21BrFNO3/c1-10-4-3-5-15(11(10)2)20-16(21)9-23-17(22)13-7-6-12(18)8-14(13)19/h6-8,10-11,15H,3-5,9H2,1-2H3,(H,20,21)/t10-,11-,15-/m1/s1. The predicted molar refractivity (Wildman–Crippen MR) is 88.5 cm³/mol. The number of carbonyl (C=O) groups excluding carboxylic acids is 2. The lowest BCUT2D eigenvalue weighted by atomic mass is 9.78. The summed E-state index contributed by atoms with van der Waals surface area (Å²) in [6, 6.07) is 4.16. The summed E-state index contributed by atoms with van der Waals surface area (Å²) in [5.41, 5.74) is -0.180. The normalized spacial score (nSPS) is 24.1. The van der Waals surface area contributed by atoms with E-state index in [-0.39, 0.29) is 17.5 Å². The van der Waals surface area contributed by atoms with Gasteiger partial charge in [0, 0.05) is 10.5 Å². The van der Waals surface area contributed by atoms with Crippen LogP contribution in [0.25, 0.3) is 0 Å². The third kappa shape index (κ3) is 4.77. The fourth-order valence-electron chi connectivity index (χ4n) is 2.90. The van der Waals surface area contributed by atoms with E-state index in [1.807, 2.05) is 0 Å². The summed E-state index contributed by atoms with van der Waals surface area (Å²) in [6.07, 6.45) is 3.19. The second kappa shape index (κ2) is 7.90. The Kier molecular flexibility index (Phi) is 6.16. The van der Waals surface area contributed by atoms with Gasteiger partial charge < -0.3 is 10.1 Å². The minimum absolute atomic E-state index is 0.106. The minimum Gasteiger partial charge on any atom is -0.452 e. The molecule has 2 rings (SSSR count). The highest BCUT2D eigenvalue weighted by molar-refractivity contribution is 9.10. The predicted octanol–water partition coefficient (Wildman–Crippen LogP) is 3.69. The molecule has 0 bridgehead atoms. The molecule has 0 heterocycles. The van der Waals surface area contributed by atoms with E-state index in [0.717, 1.165) is 12.8 Å². The number of benzene rings is 1. The highest BCUT2D eigenvalue weighted by Crippen LogP contribution is 2.29. The van der Waals surface area contributed by atoms with E-state index in [2.05, 4.69) is 35.1 Å². The molecule has 1 aliphatic rings. The van der Waals surface area contributed by atoms with Crippen molar-refractivity contribution in [3.63, 3.8) is 0 Å². The summed E-state index contributed by atoms with van der Waals surface area (Å²) in [7, 11) is 0. The number of esters is 1. The van der Waals surface area contributed by atoms with Crippen LogP contribution >= 0.6 is 15.9 Å². The van der Waals surface area contributed by atoms with E-state index >= 15 is 0 Å². The van der Waals surface area contributed by atoms with E-state index < -0.39 is 18.4 Å². The molecule has 1 aromatic carbocycles. The highest BCUT2D eigenvalue weighted by Gasteiger charge is 2.28. The van der Waals surface area contributed by atoms with Gasteiger partial charge in [-0.25, -0.2) is 9.18 Å². The Hall–Kier alpha value is -1.43. The van der Waals surface area contributed by atoms with Crippen LogP contribution in [0.5, 0.6) is 0 Å². The van der Waals surface area contributed by atoms with Crippen LogP contribution in [-0.2, 0) is 9.53 Å². The average molecular weight is 386 g/mol. The van der Waals surface area contributed by atoms with Gasteiger partial charge >= 0.3 is 5.97 Å². The fourth-order valence-corrected chi connectivity index (χ4v) is 3.23. The molecule has 6 heteroatoms. The molecule has 0 saturated heterocycles. The highest BCUT2D eigenvalue weighted by atomic mass is 79.9. The molecule has 1 saturated carbocycles. The number of nitrogens with one attached hydrogen (secondary N) is 1. The quantitative estimate of drug-likeness (QED) is 0.804. The zero-order valence-corrected chi connectivity index (χ0v) is 14.9. The topological polar surface area (TPSA) is 55.4 Å². The van der Waals surface area contributed by atoms with Crippen molar-refractivity contribution in [2.24, 2.45) is 11.8 Å². The first-order valence-electron chi connectivity index (χ1n) is 7.80. The Morgan fingerprint density at radius 3 is 2.78 bits per heavy atom. The van der Waals surface area contributed by atoms with Crippen LogP contribution < -0.4 is 5.32 Å². The number of amides is 1. The van der Waals surface area contributed by atoms with Crippen molar-refractivity contribution < 1.29 is 18.7 Å². The van der Waals surface area contributed by atoms with Crippen LogP contribution in [0.2, 0.25) is 0 Å². The SMILES string of the molecule is C[C@@H]1[C@H](C)CCC[C@H]1NC(=O)COC(=O)c1ccc(Br)cc1F. The van der Waals surface area contributed by atoms with Crippen molar-refractivity contribution in [2.45, 2.75) is 39.2 Å². The van der Waals surface area contributed by atoms with Crippen molar-refractivity contribution in [3.8, 4) is 0 Å². The van der Waals surface area contributed by atoms with Gasteiger partial charge in [0.1, 0.15) is 5.82 Å². The summed E-state index contributed by atoms with van der Waals surface area (Å²) < 4.78 is 19.1. The Bertz CT molecular complexity index is 593. The van der Waals surface area contributed by atoms with Gasteiger partial charge in [-0.2, -0.15) is 0 Å². The number of hydrogen-bond acceptors (Lipinski definition) is 3. The van der Waals surface area contributed by atoms with Crippen molar-refractivity contribution in [3.05, 3.63) is 34.1 Å². The Morgan fingerprint density at radius 1 is 1.35 bits per heavy atom. The Morgan fingerprint density at radius 2 is 2.09 bits per heavy atom. The van der Waals surface area contributed by atoms with Crippen molar-refractivity contribution >= 4 is 27.8 Å². The molecule has 1 aliphatic carbocycles. The molecular weight excluding hydrogens is 365 g/mol. The maximum atomic E-state index is 13.7. The van der Waals surface area contributed by atoms with E-state index in [0.29, 0.717) is 16.3 Å². The largest absolute Gasteiger partial charge is 0.452 e. The van der Waals surface area contributed by atoms with E-state index in [4.69, 9.17) is 4.74 Å². The van der Waals surface area contributed by atoms with Gasteiger partial charge in [-0.05, 0) is 36.5 Å². The van der Waals surface area contributed by atoms with Crippen LogP contribution in [0.1, 0.15) is 43.5 Å². The molecule has 1 fully saturated rings. The molecule has 0 aliphatic heterocycles. The number of hydrogen-bond donors (Lipinski definition) is 1. The molecule has 4 nitrogen and oxygen atoms in total. The number of rotatable bonds is 4. The lowest BCUT2D eigenvalue weighted by molar-refractivity contribution is -0.125. The van der Waals surface area contributed by atoms with Gasteiger partial charge in [0.2, 0.25) is 0 Å². The molecule has 0 unspecified atom stereocenters. The summed E-state index contributed by atoms with van der Waals surface area (Å²) in [5, 5.41) is 2.91. The average Bonchev–Trinajstić information content (AvgIpc) is 2.49. The molecule has 23 heavy (non-hydrogen) atoms. The van der Waals surface area contributed by atoms with Crippen LogP contribution in [0.4, 0.5) is 4.39 Å². The van der Waals surface area contributed by atoms with Gasteiger partial charge in [-0.1, -0.05) is 42.6 Å². The van der Waals surface area contributed by atoms with Gasteiger partial charge in [0.25, 0.3) is 5.91 Å². The monoisotopic (exact) mass is 385 g/mol. The van der Waals surface area contributed by atoms with Gasteiger partial charge in [0.05, 0.1) is 5.56 Å². The maximum Gasteiger partial charge on any atom is 0.341 e. The second-order valence-corrected chi connectivity index (χ2v) is 7.06. The fraction of sp³-hybridized carbons (Fsp3) is 0.529. The van der Waals surface area contributed by atoms with Crippen LogP contribution in [0.15, 0.2) is 22.7 Å². The van der Waals surface area contributed by atoms with E-state index in [1.165, 1.54) is 18.6 Å². The van der Waals surface area contributed by atoms with Gasteiger partial charge in [-0.3, -0.25) is 4.79 Å². The number of carbonyl (C=O) groups is 2. The van der Waals surface area contributed by atoms with Crippen LogP contribution in [0.3, 0.4) is 0 Å². The number of halogens is 2. The van der Waals surface area contributed by atoms with E-state index in [9.17, 15) is 14.0 Å². The zero-order chi connectivity index (χ0) is 17.0. The first kappa shape index (κ1) is 17.9. The maximum absolute atomic E-state index is 13.7. The van der Waals surface area contributed by atoms with Gasteiger partial charge in [-0.15, -0.1) is 0 Å². The molecule has 0 spiro atoms. The molecule has 0 radical (unpaired) electrons. The van der Waals surface area contributed by atoms with Crippen molar-refractivity contribution in [1.29, 1.82) is 0 Å².